The van der Waals surface area contributed by atoms with Crippen LogP contribution in [0.4, 0.5) is 0 Å². The van der Waals surface area contributed by atoms with Crippen LogP contribution in [0.3, 0.4) is 0 Å². The topological polar surface area (TPSA) is 28.1 Å². The minimum atomic E-state index is 1.31. The summed E-state index contributed by atoms with van der Waals surface area (Å²) in [6.45, 7) is 4.00. The van der Waals surface area contributed by atoms with Gasteiger partial charge in [-0.2, -0.15) is 0 Å². The normalized spacial score (nSPS) is 2.80. The standard InChI is InChI=1S/C2H6.CH3N2/c1-2;1-3-2/h1-2H3;1H3/q;+1. The molecule has 0 amide bonds. The van der Waals surface area contributed by atoms with Gasteiger partial charge in [0.2, 0.25) is 5.39 Å². The van der Waals surface area contributed by atoms with Gasteiger partial charge >= 0.3 is 0 Å². The van der Waals surface area contributed by atoms with Crippen LogP contribution in [0.1, 0.15) is 13.8 Å². The zero-order valence-corrected chi connectivity index (χ0v) is 3.89. The molecule has 2 nitrogen and oxygen atoms in total. The Labute approximate surface area is 32.4 Å². The van der Waals surface area contributed by atoms with Gasteiger partial charge in [-0.05, 0) is 0 Å². The molecule has 0 aromatic heterocycles. The molecule has 0 fully saturated rings. The van der Waals surface area contributed by atoms with E-state index in [1.807, 2.05) is 13.8 Å². The molecule has 2 heteroatoms. The Bertz CT molecular complexity index is 26.4. The highest BCUT2D eigenvalue weighted by Gasteiger charge is 1.35. The van der Waals surface area contributed by atoms with Crippen LogP contribution in [0.25, 0.3) is 4.98 Å². The molecule has 0 atom stereocenters. The Balaban J connectivity index is 0. The van der Waals surface area contributed by atoms with Crippen molar-refractivity contribution in [2.75, 3.05) is 7.05 Å². The van der Waals surface area contributed by atoms with Gasteiger partial charge in [0.1, 0.15) is 4.98 Å². The van der Waals surface area contributed by atoms with Gasteiger partial charge in [0, 0.05) is 0 Å². The third kappa shape index (κ3) is 20.5. The second-order valence-corrected chi connectivity index (χ2v) is 0.200. The minimum Gasteiger partial charge on any atom is -0.0683 e. The van der Waals surface area contributed by atoms with Crippen molar-refractivity contribution in [3.05, 3.63) is 4.98 Å². The summed E-state index contributed by atoms with van der Waals surface area (Å²) in [5.74, 6) is 0. The second kappa shape index (κ2) is 114. The largest absolute Gasteiger partial charge is 0.296 e. The van der Waals surface area contributed by atoms with E-state index in [-0.39, 0.29) is 0 Å². The third-order valence-corrected chi connectivity index (χ3v) is 0. The van der Waals surface area contributed by atoms with Gasteiger partial charge in [0.05, 0.1) is 0 Å². The van der Waals surface area contributed by atoms with Crippen molar-refractivity contribution in [1.82, 2.24) is 0 Å². The predicted molar refractivity (Wildman–Crippen MR) is 22.4 cm³/mol. The van der Waals surface area contributed by atoms with Crippen LogP contribution >= 0.6 is 0 Å². The first-order valence-electron chi connectivity index (χ1n) is 1.65. The van der Waals surface area contributed by atoms with Gasteiger partial charge in [-0.15, -0.1) is 0 Å². The summed E-state index contributed by atoms with van der Waals surface area (Å²) in [4.78, 5) is 2.50. The highest BCUT2D eigenvalue weighted by molar-refractivity contribution is 4.19. The summed E-state index contributed by atoms with van der Waals surface area (Å²) in [6.07, 6.45) is 0. The first-order valence-corrected chi connectivity index (χ1v) is 1.65. The molecule has 0 N–H and O–H groups in total. The Hall–Kier alpha value is -0.580. The molecule has 0 aliphatic heterocycles. The molecule has 0 bridgehead atoms. The van der Waals surface area contributed by atoms with Gasteiger partial charge in [-0.1, -0.05) is 13.8 Å². The van der Waals surface area contributed by atoms with Crippen molar-refractivity contribution in [1.29, 1.82) is 5.39 Å². The molecule has 0 saturated heterocycles. The van der Waals surface area contributed by atoms with Crippen LogP contribution in [0.5, 0.6) is 0 Å². The molecule has 0 radical (unpaired) electrons. The zero-order valence-electron chi connectivity index (χ0n) is 3.89. The lowest BCUT2D eigenvalue weighted by Gasteiger charge is -1.07. The Morgan fingerprint density at radius 2 is 1.40 bits per heavy atom. The fourth-order valence-electron chi connectivity index (χ4n) is 0. The van der Waals surface area contributed by atoms with Crippen LogP contribution in [0, 0.1) is 5.39 Å². The lowest BCUT2D eigenvalue weighted by molar-refractivity contribution is 1.44. The lowest BCUT2D eigenvalue weighted by Crippen LogP contribution is -1.11. The number of nitrogens with zero attached hydrogens (tertiary/aromatic N) is 2. The van der Waals surface area contributed by atoms with E-state index in [0.29, 0.717) is 0 Å². The van der Waals surface area contributed by atoms with E-state index in [4.69, 9.17) is 5.39 Å². The predicted octanol–water partition coefficient (Wildman–Crippen LogP) is 1.50. The van der Waals surface area contributed by atoms with Gasteiger partial charge in [0.25, 0.3) is 7.05 Å². The molecule has 0 saturated carbocycles. The lowest BCUT2D eigenvalue weighted by atomic mass is 11.0. The Morgan fingerprint density at radius 1 is 1.40 bits per heavy atom. The summed E-state index contributed by atoms with van der Waals surface area (Å²) in [7, 11) is 1.31. The van der Waals surface area contributed by atoms with Crippen LogP contribution in [0.15, 0.2) is 0 Å². The molecule has 0 aliphatic rings. The SMILES string of the molecule is CC.C[N+]#N. The van der Waals surface area contributed by atoms with Crippen LogP contribution in [-0.4, -0.2) is 7.05 Å². The quantitative estimate of drug-likeness (QED) is 0.399. The second-order valence-electron chi connectivity index (χ2n) is 0.200. The van der Waals surface area contributed by atoms with Crippen molar-refractivity contribution in [2.45, 2.75) is 13.8 Å². The molecule has 0 unspecified atom stereocenters. The summed E-state index contributed by atoms with van der Waals surface area (Å²) in [6, 6.07) is 0. The van der Waals surface area contributed by atoms with E-state index < -0.39 is 0 Å². The molecule has 30 valence electrons. The molecule has 0 heterocycles. The van der Waals surface area contributed by atoms with E-state index in [2.05, 4.69) is 4.98 Å². The fourth-order valence-corrected chi connectivity index (χ4v) is 0. The molecular formula is C3H9N2+. The molecule has 0 aliphatic carbocycles. The van der Waals surface area contributed by atoms with Crippen molar-refractivity contribution >= 4 is 0 Å². The maximum Gasteiger partial charge on any atom is 0.296 e. The maximum absolute atomic E-state index is 7.19. The van der Waals surface area contributed by atoms with E-state index in [9.17, 15) is 0 Å². The summed E-state index contributed by atoms with van der Waals surface area (Å²) in [5.41, 5.74) is 0. The Morgan fingerprint density at radius 3 is 1.40 bits per heavy atom. The maximum atomic E-state index is 7.19. The molecule has 0 spiro atoms. The van der Waals surface area contributed by atoms with Gasteiger partial charge in [-0.3, -0.25) is 0 Å². The number of diazo groups is 1. The highest BCUT2D eigenvalue weighted by atomic mass is 14.8. The van der Waals surface area contributed by atoms with E-state index in [1.165, 1.54) is 7.05 Å². The van der Waals surface area contributed by atoms with Crippen molar-refractivity contribution in [3.63, 3.8) is 0 Å². The molecule has 0 aromatic rings. The smallest absolute Gasteiger partial charge is 0.0683 e. The zero-order chi connectivity index (χ0) is 4.71. The average Bonchev–Trinajstić information content (AvgIpc) is 1.46. The van der Waals surface area contributed by atoms with Crippen molar-refractivity contribution in [3.8, 4) is 0 Å². The molecule has 0 aromatic carbocycles. The van der Waals surface area contributed by atoms with Crippen LogP contribution < -0.4 is 0 Å². The number of hydrogen-bond acceptors (Lipinski definition) is 1. The number of rotatable bonds is 0. The highest BCUT2D eigenvalue weighted by Crippen LogP contribution is 1.25. The van der Waals surface area contributed by atoms with Crippen LogP contribution in [-0.2, 0) is 0 Å². The summed E-state index contributed by atoms with van der Waals surface area (Å²) < 4.78 is 0. The Kier molecular flexibility index (Phi) is 200. The van der Waals surface area contributed by atoms with Crippen molar-refractivity contribution < 1.29 is 0 Å². The monoisotopic (exact) mass is 73.1 g/mol. The van der Waals surface area contributed by atoms with Crippen molar-refractivity contribution in [2.24, 2.45) is 0 Å². The fraction of sp³-hybridized carbons (Fsp3) is 1.00. The first-order chi connectivity index (χ1) is 2.41. The minimum absolute atomic E-state index is 1.31. The van der Waals surface area contributed by atoms with Gasteiger partial charge < -0.3 is 0 Å². The molecule has 5 heavy (non-hydrogen) atoms. The van der Waals surface area contributed by atoms with Gasteiger partial charge in [-0.25, -0.2) is 0 Å². The summed E-state index contributed by atoms with van der Waals surface area (Å²) in [5, 5.41) is 7.19. The molecule has 0 rings (SSSR count). The first kappa shape index (κ1) is 8.83. The van der Waals surface area contributed by atoms with E-state index in [1.54, 1.807) is 0 Å². The van der Waals surface area contributed by atoms with Crippen LogP contribution in [0.2, 0.25) is 0 Å². The summed E-state index contributed by atoms with van der Waals surface area (Å²) >= 11 is 0. The van der Waals surface area contributed by atoms with E-state index in [0.717, 1.165) is 0 Å². The van der Waals surface area contributed by atoms with E-state index >= 15 is 0 Å². The molecular weight excluding hydrogens is 64.0 g/mol. The van der Waals surface area contributed by atoms with Gasteiger partial charge in [0.15, 0.2) is 0 Å². The third-order valence-electron chi connectivity index (χ3n) is 0. The average molecular weight is 73.1 g/mol. The number of hydrogen-bond donors (Lipinski definition) is 0.